The van der Waals surface area contributed by atoms with Gasteiger partial charge < -0.3 is 11.3 Å². The van der Waals surface area contributed by atoms with Crippen LogP contribution in [0.3, 0.4) is 0 Å². The summed E-state index contributed by atoms with van der Waals surface area (Å²) in [7, 11) is 0. The van der Waals surface area contributed by atoms with Crippen LogP contribution in [0, 0.1) is 0 Å². The average molecular weight is 209 g/mol. The van der Waals surface area contributed by atoms with E-state index in [1.807, 2.05) is 30.3 Å². The third kappa shape index (κ3) is 5.55. The molecule has 15 heavy (non-hydrogen) atoms. The molecule has 0 aliphatic heterocycles. The second-order valence-electron chi connectivity index (χ2n) is 3.78. The van der Waals surface area contributed by atoms with E-state index in [1.165, 1.54) is 19.3 Å². The molecule has 2 nitrogen and oxygen atoms in total. The van der Waals surface area contributed by atoms with Crippen molar-refractivity contribution in [1.82, 2.24) is 6.15 Å². The zero-order valence-electron chi connectivity index (χ0n) is 9.65. The molecule has 1 aromatic rings. The van der Waals surface area contributed by atoms with E-state index in [-0.39, 0.29) is 12.3 Å². The van der Waals surface area contributed by atoms with Gasteiger partial charge in [-0.1, -0.05) is 62.9 Å². The van der Waals surface area contributed by atoms with Crippen LogP contribution in [0.5, 0.6) is 0 Å². The molecule has 0 aliphatic rings. The molecule has 4 N–H and O–H groups in total. The number of aliphatic hydroxyl groups excluding tert-OH is 1. The molecule has 0 radical (unpaired) electrons. The Morgan fingerprint density at radius 1 is 1.07 bits per heavy atom. The molecule has 0 spiro atoms. The lowest BCUT2D eigenvalue weighted by atomic mass is 10.0. The SMILES string of the molecule is CCCCCCC(O)c1ccccc1.N. The van der Waals surface area contributed by atoms with Crippen molar-refractivity contribution in [2.45, 2.75) is 45.1 Å². The Labute approximate surface area is 92.9 Å². The molecule has 2 heteroatoms. The standard InChI is InChI=1S/C13H20O.H3N/c1-2-3-4-8-11-13(14)12-9-6-5-7-10-12;/h5-7,9-10,13-14H,2-4,8,11H2,1H3;1H3. The third-order valence-electron chi connectivity index (χ3n) is 2.52. The van der Waals surface area contributed by atoms with Crippen LogP contribution in [0.1, 0.15) is 50.7 Å². The van der Waals surface area contributed by atoms with Gasteiger partial charge in [0.1, 0.15) is 0 Å². The molecule has 1 rings (SSSR count). The molecule has 1 unspecified atom stereocenters. The predicted octanol–water partition coefficient (Wildman–Crippen LogP) is 3.85. The fourth-order valence-electron chi connectivity index (χ4n) is 1.61. The summed E-state index contributed by atoms with van der Waals surface area (Å²) in [6, 6.07) is 9.91. The zero-order chi connectivity index (χ0) is 10.2. The Hall–Kier alpha value is -0.860. The molecule has 0 aliphatic carbocycles. The minimum Gasteiger partial charge on any atom is -0.388 e. The zero-order valence-corrected chi connectivity index (χ0v) is 9.65. The molecule has 0 bridgehead atoms. The van der Waals surface area contributed by atoms with Crippen molar-refractivity contribution >= 4 is 0 Å². The van der Waals surface area contributed by atoms with Crippen LogP contribution in [-0.4, -0.2) is 5.11 Å². The molecule has 0 saturated heterocycles. The summed E-state index contributed by atoms with van der Waals surface area (Å²) in [5.41, 5.74) is 1.05. The smallest absolute Gasteiger partial charge is 0.0790 e. The summed E-state index contributed by atoms with van der Waals surface area (Å²) >= 11 is 0. The lowest BCUT2D eigenvalue weighted by Gasteiger charge is -2.09. The number of unbranched alkanes of at least 4 members (excludes halogenated alkanes) is 3. The number of hydrogen-bond acceptors (Lipinski definition) is 2. The summed E-state index contributed by atoms with van der Waals surface area (Å²) in [4.78, 5) is 0. The number of rotatable bonds is 6. The molecule has 1 atom stereocenters. The summed E-state index contributed by atoms with van der Waals surface area (Å²) in [6.07, 6.45) is 5.52. The predicted molar refractivity (Wildman–Crippen MR) is 65.2 cm³/mol. The Morgan fingerprint density at radius 3 is 2.33 bits per heavy atom. The van der Waals surface area contributed by atoms with Gasteiger partial charge in [-0.3, -0.25) is 0 Å². The summed E-state index contributed by atoms with van der Waals surface area (Å²) in [5.74, 6) is 0. The summed E-state index contributed by atoms with van der Waals surface area (Å²) < 4.78 is 0. The van der Waals surface area contributed by atoms with E-state index in [4.69, 9.17) is 0 Å². The fraction of sp³-hybridized carbons (Fsp3) is 0.538. The van der Waals surface area contributed by atoms with E-state index in [2.05, 4.69) is 6.92 Å². The van der Waals surface area contributed by atoms with Crippen LogP contribution in [0.2, 0.25) is 0 Å². The third-order valence-corrected chi connectivity index (χ3v) is 2.52. The van der Waals surface area contributed by atoms with Crippen molar-refractivity contribution in [2.24, 2.45) is 0 Å². The molecule has 0 saturated carbocycles. The van der Waals surface area contributed by atoms with E-state index in [1.54, 1.807) is 0 Å². The second-order valence-corrected chi connectivity index (χ2v) is 3.78. The van der Waals surface area contributed by atoms with Crippen LogP contribution in [-0.2, 0) is 0 Å². The average Bonchev–Trinajstić information content (AvgIpc) is 2.25. The maximum Gasteiger partial charge on any atom is 0.0790 e. The van der Waals surface area contributed by atoms with Gasteiger partial charge >= 0.3 is 0 Å². The van der Waals surface area contributed by atoms with Gasteiger partial charge in [0.15, 0.2) is 0 Å². The van der Waals surface area contributed by atoms with Crippen molar-refractivity contribution in [3.63, 3.8) is 0 Å². The van der Waals surface area contributed by atoms with E-state index in [0.29, 0.717) is 0 Å². The summed E-state index contributed by atoms with van der Waals surface area (Å²) in [5, 5.41) is 9.82. The van der Waals surface area contributed by atoms with E-state index >= 15 is 0 Å². The highest BCUT2D eigenvalue weighted by atomic mass is 16.3. The monoisotopic (exact) mass is 209 g/mol. The van der Waals surface area contributed by atoms with Gasteiger partial charge in [0, 0.05) is 0 Å². The normalized spacial score (nSPS) is 11.9. The Morgan fingerprint density at radius 2 is 1.73 bits per heavy atom. The van der Waals surface area contributed by atoms with Crippen LogP contribution in [0.25, 0.3) is 0 Å². The maximum atomic E-state index is 9.82. The minimum absolute atomic E-state index is 0. The van der Waals surface area contributed by atoms with Crippen molar-refractivity contribution < 1.29 is 5.11 Å². The molecular weight excluding hydrogens is 186 g/mol. The molecule has 0 aromatic heterocycles. The molecule has 0 amide bonds. The molecule has 1 aromatic carbocycles. The first-order chi connectivity index (χ1) is 6.84. The van der Waals surface area contributed by atoms with Crippen molar-refractivity contribution in [3.05, 3.63) is 35.9 Å². The van der Waals surface area contributed by atoms with E-state index < -0.39 is 0 Å². The number of aliphatic hydroxyl groups is 1. The molecule has 0 fully saturated rings. The highest BCUT2D eigenvalue weighted by molar-refractivity contribution is 5.16. The van der Waals surface area contributed by atoms with Gasteiger partial charge in [0.25, 0.3) is 0 Å². The van der Waals surface area contributed by atoms with Crippen molar-refractivity contribution in [3.8, 4) is 0 Å². The van der Waals surface area contributed by atoms with Gasteiger partial charge in [-0.15, -0.1) is 0 Å². The van der Waals surface area contributed by atoms with Gasteiger partial charge in [0.05, 0.1) is 6.10 Å². The first kappa shape index (κ1) is 14.1. The largest absolute Gasteiger partial charge is 0.388 e. The lowest BCUT2D eigenvalue weighted by molar-refractivity contribution is 0.163. The second kappa shape index (κ2) is 8.45. The fourth-order valence-corrected chi connectivity index (χ4v) is 1.61. The first-order valence-corrected chi connectivity index (χ1v) is 5.57. The number of benzene rings is 1. The van der Waals surface area contributed by atoms with E-state index in [0.717, 1.165) is 18.4 Å². The minimum atomic E-state index is -0.270. The Bertz CT molecular complexity index is 236. The quantitative estimate of drug-likeness (QED) is 0.699. The van der Waals surface area contributed by atoms with Crippen LogP contribution in [0.4, 0.5) is 0 Å². The topological polar surface area (TPSA) is 55.2 Å². The highest BCUT2D eigenvalue weighted by Crippen LogP contribution is 2.19. The molecule has 86 valence electrons. The van der Waals surface area contributed by atoms with Crippen molar-refractivity contribution in [2.75, 3.05) is 0 Å². The van der Waals surface area contributed by atoms with E-state index in [9.17, 15) is 5.11 Å². The molecular formula is C13H23NO. The number of hydrogen-bond donors (Lipinski definition) is 2. The van der Waals surface area contributed by atoms with Crippen LogP contribution >= 0.6 is 0 Å². The van der Waals surface area contributed by atoms with Gasteiger partial charge in [-0.2, -0.15) is 0 Å². The van der Waals surface area contributed by atoms with Gasteiger partial charge in [-0.25, -0.2) is 0 Å². The first-order valence-electron chi connectivity index (χ1n) is 5.57. The van der Waals surface area contributed by atoms with Crippen molar-refractivity contribution in [1.29, 1.82) is 0 Å². The highest BCUT2D eigenvalue weighted by Gasteiger charge is 2.05. The Balaban J connectivity index is 0.00000196. The van der Waals surface area contributed by atoms with Gasteiger partial charge in [0.2, 0.25) is 0 Å². The molecule has 0 heterocycles. The Kier molecular flexibility index (Phi) is 7.96. The summed E-state index contributed by atoms with van der Waals surface area (Å²) in [6.45, 7) is 2.20. The van der Waals surface area contributed by atoms with Crippen LogP contribution < -0.4 is 6.15 Å². The lowest BCUT2D eigenvalue weighted by Crippen LogP contribution is -1.96. The van der Waals surface area contributed by atoms with Crippen LogP contribution in [0.15, 0.2) is 30.3 Å². The maximum absolute atomic E-state index is 9.82. The van der Waals surface area contributed by atoms with Gasteiger partial charge in [-0.05, 0) is 12.0 Å².